The number of hydrogen-bond acceptors (Lipinski definition) is 3. The standard InChI is InChI=1S/C12H13F3N2O2/c13-9-5-8(6-10(14)12(9)15)16-7-11(18)17-1-3-19-4-2-17/h5-6,16H,1-4,7H2. The molecule has 0 bridgehead atoms. The fourth-order valence-electron chi connectivity index (χ4n) is 1.76. The highest BCUT2D eigenvalue weighted by Crippen LogP contribution is 2.17. The normalized spacial score (nSPS) is 15.4. The minimum Gasteiger partial charge on any atom is -0.378 e. The number of benzene rings is 1. The average Bonchev–Trinajstić information content (AvgIpc) is 2.43. The number of amides is 1. The van der Waals surface area contributed by atoms with Gasteiger partial charge in [-0.05, 0) is 0 Å². The largest absolute Gasteiger partial charge is 0.378 e. The second-order valence-electron chi connectivity index (χ2n) is 4.10. The average molecular weight is 274 g/mol. The Balaban J connectivity index is 1.93. The lowest BCUT2D eigenvalue weighted by Crippen LogP contribution is -2.43. The lowest BCUT2D eigenvalue weighted by atomic mass is 10.3. The molecule has 1 heterocycles. The Kier molecular flexibility index (Phi) is 4.26. The fraction of sp³-hybridized carbons (Fsp3) is 0.417. The molecule has 1 N–H and O–H groups in total. The Labute approximate surface area is 108 Å². The molecule has 0 atom stereocenters. The lowest BCUT2D eigenvalue weighted by Gasteiger charge is -2.27. The van der Waals surface area contributed by atoms with Gasteiger partial charge in [-0.1, -0.05) is 0 Å². The van der Waals surface area contributed by atoms with Gasteiger partial charge < -0.3 is 15.0 Å². The number of nitrogens with zero attached hydrogens (tertiary/aromatic N) is 1. The molecular weight excluding hydrogens is 261 g/mol. The van der Waals surface area contributed by atoms with E-state index < -0.39 is 17.5 Å². The topological polar surface area (TPSA) is 41.6 Å². The van der Waals surface area contributed by atoms with E-state index in [2.05, 4.69) is 5.32 Å². The van der Waals surface area contributed by atoms with Crippen molar-refractivity contribution >= 4 is 11.6 Å². The first kappa shape index (κ1) is 13.7. The van der Waals surface area contributed by atoms with Crippen LogP contribution in [0.1, 0.15) is 0 Å². The molecule has 4 nitrogen and oxygen atoms in total. The third kappa shape index (κ3) is 3.37. The van der Waals surface area contributed by atoms with Gasteiger partial charge in [-0.15, -0.1) is 0 Å². The number of ether oxygens (including phenoxy) is 1. The van der Waals surface area contributed by atoms with Crippen molar-refractivity contribution in [3.63, 3.8) is 0 Å². The number of carbonyl (C=O) groups is 1. The van der Waals surface area contributed by atoms with Crippen LogP contribution in [-0.4, -0.2) is 43.7 Å². The molecule has 0 saturated carbocycles. The number of hydrogen-bond donors (Lipinski definition) is 1. The number of morpholine rings is 1. The number of halogens is 3. The zero-order valence-electron chi connectivity index (χ0n) is 10.1. The van der Waals surface area contributed by atoms with Gasteiger partial charge in [0, 0.05) is 30.9 Å². The molecule has 1 fully saturated rings. The van der Waals surface area contributed by atoms with Crippen molar-refractivity contribution in [1.82, 2.24) is 4.90 Å². The molecular formula is C12H13F3N2O2. The quantitative estimate of drug-likeness (QED) is 0.847. The van der Waals surface area contributed by atoms with Gasteiger partial charge in [-0.2, -0.15) is 0 Å². The molecule has 1 aromatic rings. The fourth-order valence-corrected chi connectivity index (χ4v) is 1.76. The number of carbonyl (C=O) groups excluding carboxylic acids is 1. The number of anilines is 1. The summed E-state index contributed by atoms with van der Waals surface area (Å²) in [6.45, 7) is 1.83. The van der Waals surface area contributed by atoms with Crippen molar-refractivity contribution in [3.05, 3.63) is 29.6 Å². The highest BCUT2D eigenvalue weighted by Gasteiger charge is 2.17. The van der Waals surface area contributed by atoms with Gasteiger partial charge >= 0.3 is 0 Å². The van der Waals surface area contributed by atoms with E-state index in [-0.39, 0.29) is 18.1 Å². The van der Waals surface area contributed by atoms with E-state index in [9.17, 15) is 18.0 Å². The molecule has 0 radical (unpaired) electrons. The summed E-state index contributed by atoms with van der Waals surface area (Å²) in [7, 11) is 0. The van der Waals surface area contributed by atoms with Crippen LogP contribution in [-0.2, 0) is 9.53 Å². The monoisotopic (exact) mass is 274 g/mol. The Hall–Kier alpha value is -1.76. The van der Waals surface area contributed by atoms with E-state index in [4.69, 9.17) is 4.74 Å². The van der Waals surface area contributed by atoms with E-state index >= 15 is 0 Å². The Morgan fingerprint density at radius 3 is 2.37 bits per heavy atom. The molecule has 0 aliphatic carbocycles. The first-order valence-electron chi connectivity index (χ1n) is 5.82. The molecule has 1 aliphatic rings. The molecule has 1 aromatic carbocycles. The summed E-state index contributed by atoms with van der Waals surface area (Å²) in [6.07, 6.45) is 0. The zero-order chi connectivity index (χ0) is 13.8. The summed E-state index contributed by atoms with van der Waals surface area (Å²) in [4.78, 5) is 13.3. The summed E-state index contributed by atoms with van der Waals surface area (Å²) >= 11 is 0. The van der Waals surface area contributed by atoms with E-state index in [0.717, 1.165) is 12.1 Å². The van der Waals surface area contributed by atoms with E-state index in [0.29, 0.717) is 26.3 Å². The lowest BCUT2D eigenvalue weighted by molar-refractivity contribution is -0.133. The molecule has 19 heavy (non-hydrogen) atoms. The summed E-state index contributed by atoms with van der Waals surface area (Å²) < 4.78 is 43.7. The SMILES string of the molecule is O=C(CNc1cc(F)c(F)c(F)c1)N1CCOCC1. The number of rotatable bonds is 3. The smallest absolute Gasteiger partial charge is 0.242 e. The molecule has 0 aromatic heterocycles. The van der Waals surface area contributed by atoms with Crippen LogP contribution in [0.2, 0.25) is 0 Å². The van der Waals surface area contributed by atoms with Crippen molar-refractivity contribution in [2.75, 3.05) is 38.2 Å². The van der Waals surface area contributed by atoms with E-state index in [1.54, 1.807) is 4.90 Å². The molecule has 1 amide bonds. The Morgan fingerprint density at radius 2 is 1.79 bits per heavy atom. The van der Waals surface area contributed by atoms with Gasteiger partial charge in [0.2, 0.25) is 5.91 Å². The predicted octanol–water partition coefficient (Wildman–Crippen LogP) is 1.37. The van der Waals surface area contributed by atoms with E-state index in [1.165, 1.54) is 0 Å². The zero-order valence-corrected chi connectivity index (χ0v) is 10.1. The minimum absolute atomic E-state index is 0.0259. The minimum atomic E-state index is -1.52. The molecule has 2 rings (SSSR count). The van der Waals surface area contributed by atoms with Crippen molar-refractivity contribution in [3.8, 4) is 0 Å². The van der Waals surface area contributed by atoms with Gasteiger partial charge in [0.05, 0.1) is 19.8 Å². The van der Waals surface area contributed by atoms with Gasteiger partial charge in [0.25, 0.3) is 0 Å². The molecule has 1 saturated heterocycles. The van der Waals surface area contributed by atoms with Crippen LogP contribution in [0.5, 0.6) is 0 Å². The first-order chi connectivity index (χ1) is 9.08. The molecule has 0 unspecified atom stereocenters. The van der Waals surface area contributed by atoms with Crippen molar-refractivity contribution in [2.45, 2.75) is 0 Å². The highest BCUT2D eigenvalue weighted by atomic mass is 19.2. The third-order valence-electron chi connectivity index (χ3n) is 2.79. The van der Waals surface area contributed by atoms with Crippen LogP contribution in [0.4, 0.5) is 18.9 Å². The maximum absolute atomic E-state index is 13.0. The van der Waals surface area contributed by atoms with Crippen molar-refractivity contribution in [2.24, 2.45) is 0 Å². The van der Waals surface area contributed by atoms with Gasteiger partial charge in [-0.3, -0.25) is 4.79 Å². The van der Waals surface area contributed by atoms with Gasteiger partial charge in [-0.25, -0.2) is 13.2 Å². The molecule has 7 heteroatoms. The highest BCUT2D eigenvalue weighted by molar-refractivity contribution is 5.80. The predicted molar refractivity (Wildman–Crippen MR) is 62.2 cm³/mol. The summed E-state index contributed by atoms with van der Waals surface area (Å²) in [5, 5.41) is 2.57. The van der Waals surface area contributed by atoms with Crippen LogP contribution in [0.3, 0.4) is 0 Å². The molecule has 0 spiro atoms. The Morgan fingerprint density at radius 1 is 1.21 bits per heavy atom. The Bertz CT molecular complexity index is 453. The van der Waals surface area contributed by atoms with Crippen LogP contribution in [0, 0.1) is 17.5 Å². The van der Waals surface area contributed by atoms with Crippen LogP contribution >= 0.6 is 0 Å². The van der Waals surface area contributed by atoms with Crippen molar-refractivity contribution < 1.29 is 22.7 Å². The van der Waals surface area contributed by atoms with E-state index in [1.807, 2.05) is 0 Å². The molecule has 1 aliphatic heterocycles. The first-order valence-corrected chi connectivity index (χ1v) is 5.82. The summed E-state index contributed by atoms with van der Waals surface area (Å²) in [6, 6.07) is 1.62. The second-order valence-corrected chi connectivity index (χ2v) is 4.10. The van der Waals surface area contributed by atoms with Crippen LogP contribution < -0.4 is 5.32 Å². The summed E-state index contributed by atoms with van der Waals surface area (Å²) in [5.41, 5.74) is 0.0259. The molecule has 104 valence electrons. The van der Waals surface area contributed by atoms with Crippen molar-refractivity contribution in [1.29, 1.82) is 0 Å². The summed E-state index contributed by atoms with van der Waals surface area (Å²) in [5.74, 6) is -4.30. The maximum atomic E-state index is 13.0. The third-order valence-corrected chi connectivity index (χ3v) is 2.79. The van der Waals surface area contributed by atoms with Gasteiger partial charge in [0.1, 0.15) is 0 Å². The van der Waals surface area contributed by atoms with Crippen LogP contribution in [0.15, 0.2) is 12.1 Å². The maximum Gasteiger partial charge on any atom is 0.242 e. The van der Waals surface area contributed by atoms with Gasteiger partial charge in [0.15, 0.2) is 17.5 Å². The second kappa shape index (κ2) is 5.92. The van der Waals surface area contributed by atoms with Crippen LogP contribution in [0.25, 0.3) is 0 Å². The number of nitrogens with one attached hydrogen (secondary N) is 1.